The summed E-state index contributed by atoms with van der Waals surface area (Å²) in [4.78, 5) is 56.2. The van der Waals surface area contributed by atoms with Crippen LogP contribution < -0.4 is 15.0 Å². The van der Waals surface area contributed by atoms with Gasteiger partial charge in [0.1, 0.15) is 40.7 Å². The molecule has 2 fully saturated rings. The zero-order valence-electron chi connectivity index (χ0n) is 31.1. The predicted molar refractivity (Wildman–Crippen MR) is 202 cm³/mol. The number of likely N-dealkylation sites (N-methyl/N-ethyl adjacent to an activating group) is 1. The van der Waals surface area contributed by atoms with Gasteiger partial charge in [-0.05, 0) is 51.1 Å². The first-order valence-corrected chi connectivity index (χ1v) is 20.1. The largest absolute Gasteiger partial charge is 0.495 e. The smallest absolute Gasteiger partial charge is 0.409 e. The second-order valence-corrected chi connectivity index (χ2v) is 16.7. The number of amides is 3. The summed E-state index contributed by atoms with van der Waals surface area (Å²) in [6.45, 7) is 7.02. The van der Waals surface area contributed by atoms with Crippen LogP contribution in [0.1, 0.15) is 52.5 Å². The summed E-state index contributed by atoms with van der Waals surface area (Å²) in [5.74, 6) is -0.916. The van der Waals surface area contributed by atoms with E-state index in [2.05, 4.69) is 5.32 Å². The van der Waals surface area contributed by atoms with Crippen molar-refractivity contribution in [3.63, 3.8) is 0 Å². The zero-order chi connectivity index (χ0) is 38.5. The predicted octanol–water partition coefficient (Wildman–Crippen LogP) is 4.92. The normalized spacial score (nSPS) is 31.6. The molecule has 8 atom stereocenters. The molecule has 1 aromatic rings. The van der Waals surface area contributed by atoms with E-state index in [4.69, 9.17) is 35.3 Å². The molecule has 3 amide bonds. The topological polar surface area (TPSA) is 156 Å². The van der Waals surface area contributed by atoms with E-state index in [1.807, 2.05) is 19.3 Å². The van der Waals surface area contributed by atoms with Crippen molar-refractivity contribution in [1.82, 2.24) is 10.2 Å². The number of aliphatic hydroxyl groups is 1. The number of rotatable bonds is 9. The van der Waals surface area contributed by atoms with Crippen LogP contribution in [0, 0.1) is 5.92 Å². The first-order chi connectivity index (χ1) is 24.5. The second-order valence-electron chi connectivity index (χ2n) is 13.6. The average Bonchev–Trinajstić information content (AvgIpc) is 3.80. The van der Waals surface area contributed by atoms with E-state index >= 15 is 0 Å². The molecule has 288 valence electrons. The van der Waals surface area contributed by atoms with Gasteiger partial charge in [0.15, 0.2) is 5.72 Å². The molecule has 3 heterocycles. The Hall–Kier alpha value is -2.95. The number of hydrogen-bond donors (Lipinski definition) is 2. The maximum absolute atomic E-state index is 14.1. The number of carbonyl (C=O) groups is 4. The molecule has 0 spiro atoms. The number of carbonyl (C=O) groups excluding carboxylic acids is 4. The van der Waals surface area contributed by atoms with Gasteiger partial charge in [-0.1, -0.05) is 63.9 Å². The molecule has 0 radical (unpaired) electrons. The van der Waals surface area contributed by atoms with Crippen LogP contribution >= 0.6 is 33.2 Å². The van der Waals surface area contributed by atoms with Gasteiger partial charge in [-0.25, -0.2) is 9.59 Å². The van der Waals surface area contributed by atoms with Crippen LogP contribution in [0.15, 0.2) is 35.9 Å². The highest BCUT2D eigenvalue weighted by atomic mass is 35.5. The van der Waals surface area contributed by atoms with Crippen molar-refractivity contribution in [3.05, 3.63) is 46.5 Å². The number of nitrogens with zero attached hydrogens (tertiary/aromatic N) is 2. The minimum Gasteiger partial charge on any atom is -0.495 e. The molecule has 3 aliphatic heterocycles. The van der Waals surface area contributed by atoms with Gasteiger partial charge in [0.2, 0.25) is 11.8 Å². The van der Waals surface area contributed by atoms with E-state index in [9.17, 15) is 24.3 Å². The number of ether oxygens (including phenoxy) is 5. The van der Waals surface area contributed by atoms with E-state index in [1.165, 1.54) is 31.1 Å². The van der Waals surface area contributed by atoms with Crippen LogP contribution in [0.25, 0.3) is 0 Å². The lowest BCUT2D eigenvalue weighted by molar-refractivity contribution is -0.161. The van der Waals surface area contributed by atoms with Crippen LogP contribution in [0.2, 0.25) is 5.02 Å². The highest BCUT2D eigenvalue weighted by molar-refractivity contribution is 8.76. The summed E-state index contributed by atoms with van der Waals surface area (Å²) in [7, 11) is 9.14. The molecule has 16 heteroatoms. The Bertz CT molecular complexity index is 1580. The first kappa shape index (κ1) is 41.8. The van der Waals surface area contributed by atoms with Crippen molar-refractivity contribution >= 4 is 62.8 Å². The fourth-order valence-electron chi connectivity index (χ4n) is 6.61. The molecule has 2 N–H and O–H groups in total. The van der Waals surface area contributed by atoms with Gasteiger partial charge < -0.3 is 38.6 Å². The number of fused-ring (bicyclic) bond motifs is 5. The van der Waals surface area contributed by atoms with Gasteiger partial charge in [0.05, 0.1) is 25.3 Å². The number of nitrogens with one attached hydrogen (secondary N) is 1. The highest BCUT2D eigenvalue weighted by Crippen LogP contribution is 2.49. The minimum absolute atomic E-state index is 0.0452. The number of allylic oxidation sites excluding steroid dienone is 3. The third kappa shape index (κ3) is 9.40. The maximum Gasteiger partial charge on any atom is 0.409 e. The third-order valence-corrected chi connectivity index (χ3v) is 12.2. The number of esters is 1. The van der Waals surface area contributed by atoms with Gasteiger partial charge in [-0.2, -0.15) is 0 Å². The van der Waals surface area contributed by atoms with Crippen molar-refractivity contribution in [3.8, 4) is 5.75 Å². The van der Waals surface area contributed by atoms with Crippen molar-refractivity contribution < 1.29 is 48.0 Å². The molecule has 3 aliphatic rings. The number of epoxide rings is 1. The molecule has 0 aliphatic carbocycles. The highest BCUT2D eigenvalue weighted by Gasteiger charge is 2.64. The quantitative estimate of drug-likeness (QED) is 0.151. The average molecular weight is 784 g/mol. The first-order valence-electron chi connectivity index (χ1n) is 17.0. The van der Waals surface area contributed by atoms with Crippen molar-refractivity contribution in [2.24, 2.45) is 5.92 Å². The fraction of sp³-hybridized carbons (Fsp3) is 0.611. The zero-order valence-corrected chi connectivity index (χ0v) is 33.5. The number of anilines is 1. The van der Waals surface area contributed by atoms with Crippen molar-refractivity contribution in [2.75, 3.05) is 45.2 Å². The summed E-state index contributed by atoms with van der Waals surface area (Å²) in [6, 6.07) is 2.63. The molecular weight excluding hydrogens is 734 g/mol. The minimum atomic E-state index is -1.82. The summed E-state index contributed by atoms with van der Waals surface area (Å²) in [5.41, 5.74) is -0.884. The van der Waals surface area contributed by atoms with Crippen LogP contribution in [0.3, 0.4) is 0 Å². The molecular formula is C36H50ClN3O10S2. The van der Waals surface area contributed by atoms with Gasteiger partial charge in [-0.15, -0.1) is 0 Å². The molecule has 52 heavy (non-hydrogen) atoms. The van der Waals surface area contributed by atoms with Crippen molar-refractivity contribution in [1.29, 1.82) is 0 Å². The molecule has 4 rings (SSSR count). The Balaban J connectivity index is 1.74. The lowest BCUT2D eigenvalue weighted by Gasteiger charge is -2.42. The van der Waals surface area contributed by atoms with E-state index in [0.717, 1.165) is 11.1 Å². The van der Waals surface area contributed by atoms with Gasteiger partial charge >= 0.3 is 12.1 Å². The Labute approximate surface area is 318 Å². The second kappa shape index (κ2) is 17.5. The monoisotopic (exact) mass is 783 g/mol. The molecule has 13 nitrogen and oxygen atoms in total. The third-order valence-electron chi connectivity index (χ3n) is 10.0. The number of alkyl carbamates (subject to hydrolysis) is 1. The van der Waals surface area contributed by atoms with E-state index < -0.39 is 65.7 Å². The van der Waals surface area contributed by atoms with Crippen LogP contribution in [-0.4, -0.2) is 116 Å². The summed E-state index contributed by atoms with van der Waals surface area (Å²) < 4.78 is 29.2. The number of benzene rings is 1. The van der Waals surface area contributed by atoms with E-state index in [-0.39, 0.29) is 30.2 Å². The lowest BCUT2D eigenvalue weighted by Crippen LogP contribution is -2.63. The summed E-state index contributed by atoms with van der Waals surface area (Å²) in [5, 5.41) is 14.5. The van der Waals surface area contributed by atoms with E-state index in [1.54, 1.807) is 73.7 Å². The number of methoxy groups -OCH3 is 2. The standard InChI is InChI=1S/C36H50ClN3O10S2/c1-20-11-10-12-27(47-8)36(45)19-26(48-34(44)38-36)21(2)32-35(4,50-32)28(49-33(43)22(3)39(5)29(41)13-14-52-51-9)18-30(42)40(6)24-16-23(15-20)17-25(46-7)31(24)37/h10-12,16-17,21-22,26-28,32,45H,13-15,18-19H2,1-9H3,(H,38,44)/b12-10+,20-11+/t21-,22-,26+,27-,28-,32+,35+,36+/m1/s1. The molecule has 0 saturated carbocycles. The van der Waals surface area contributed by atoms with Crippen molar-refractivity contribution in [2.45, 2.75) is 95.2 Å². The molecule has 2 saturated heterocycles. The van der Waals surface area contributed by atoms with Crippen LogP contribution in [0.4, 0.5) is 10.5 Å². The van der Waals surface area contributed by atoms with Gasteiger partial charge in [0.25, 0.3) is 0 Å². The summed E-state index contributed by atoms with van der Waals surface area (Å²) >= 11 is 6.75. The Morgan fingerprint density at radius 2 is 1.98 bits per heavy atom. The Kier molecular flexibility index (Phi) is 14.0. The van der Waals surface area contributed by atoms with Gasteiger partial charge in [-0.3, -0.25) is 14.9 Å². The van der Waals surface area contributed by atoms with Gasteiger partial charge in [0, 0.05) is 45.7 Å². The molecule has 4 bridgehead atoms. The Morgan fingerprint density at radius 3 is 2.63 bits per heavy atom. The van der Waals surface area contributed by atoms with Crippen LogP contribution in [0.5, 0.6) is 5.75 Å². The number of halogens is 1. The van der Waals surface area contributed by atoms with Crippen LogP contribution in [-0.2, 0) is 39.8 Å². The molecule has 1 aromatic carbocycles. The molecule has 0 aromatic heterocycles. The number of hydrogen-bond acceptors (Lipinski definition) is 12. The molecule has 0 unspecified atom stereocenters. The summed E-state index contributed by atoms with van der Waals surface area (Å²) in [6.07, 6.45) is 3.17. The Morgan fingerprint density at radius 1 is 1.27 bits per heavy atom. The maximum atomic E-state index is 14.1. The van der Waals surface area contributed by atoms with E-state index in [0.29, 0.717) is 23.6 Å². The SMILES string of the molecule is COc1cc2cc(c1Cl)N(C)C(=O)C[C@@H](OC(=O)[C@@H](C)N(C)C(=O)CCSSC)[C@]1(C)O[C@H]1[C@H](C)[C@@H]1C[C@@](O)(NC(=O)O1)[C@H](OC)/C=C/C=C(\C)C2. The lowest BCUT2D eigenvalue weighted by atomic mass is 9.83. The fourth-order valence-corrected chi connectivity index (χ4v) is 8.09.